The van der Waals surface area contributed by atoms with Crippen molar-refractivity contribution in [3.8, 4) is 0 Å². The van der Waals surface area contributed by atoms with Crippen molar-refractivity contribution in [2.75, 3.05) is 13.2 Å². The number of fused-ring (bicyclic) bond motifs is 1. The molecule has 1 aliphatic carbocycles. The largest absolute Gasteiger partial charge is 0.396 e. The molecule has 0 radical (unpaired) electrons. The van der Waals surface area contributed by atoms with Gasteiger partial charge in [0.15, 0.2) is 0 Å². The molecular weight excluding hydrogens is 222 g/mol. The second-order valence-corrected chi connectivity index (χ2v) is 5.49. The van der Waals surface area contributed by atoms with Gasteiger partial charge < -0.3 is 10.4 Å². The lowest BCUT2D eigenvalue weighted by atomic mass is 10.0. The topological polar surface area (TPSA) is 32.3 Å². The van der Waals surface area contributed by atoms with E-state index in [0.29, 0.717) is 18.6 Å². The Bertz CT molecular complexity index is 389. The SMILES string of the molecule is CCC(CCO)CNC1CCc2ccc(C)cc21. The van der Waals surface area contributed by atoms with E-state index in [0.717, 1.165) is 19.4 Å². The van der Waals surface area contributed by atoms with Gasteiger partial charge in [-0.05, 0) is 49.8 Å². The first-order chi connectivity index (χ1) is 8.74. The monoisotopic (exact) mass is 247 g/mol. The number of benzene rings is 1. The van der Waals surface area contributed by atoms with Gasteiger partial charge in [0.25, 0.3) is 0 Å². The summed E-state index contributed by atoms with van der Waals surface area (Å²) in [6.07, 6.45) is 4.47. The minimum atomic E-state index is 0.306. The van der Waals surface area contributed by atoms with Crippen molar-refractivity contribution in [1.82, 2.24) is 5.32 Å². The molecule has 1 aromatic rings. The lowest BCUT2D eigenvalue weighted by Gasteiger charge is -2.19. The summed E-state index contributed by atoms with van der Waals surface area (Å²) >= 11 is 0. The summed E-state index contributed by atoms with van der Waals surface area (Å²) in [4.78, 5) is 0. The van der Waals surface area contributed by atoms with Gasteiger partial charge in [-0.1, -0.05) is 37.1 Å². The van der Waals surface area contributed by atoms with Crippen LogP contribution >= 0.6 is 0 Å². The number of rotatable bonds is 6. The number of aliphatic hydroxyl groups excluding tert-OH is 1. The molecule has 0 saturated carbocycles. The first kappa shape index (κ1) is 13.6. The van der Waals surface area contributed by atoms with Crippen molar-refractivity contribution in [2.24, 2.45) is 5.92 Å². The number of aryl methyl sites for hydroxylation is 2. The average Bonchev–Trinajstić information content (AvgIpc) is 2.77. The molecule has 0 saturated heterocycles. The normalized spacial score (nSPS) is 19.8. The highest BCUT2D eigenvalue weighted by atomic mass is 16.3. The van der Waals surface area contributed by atoms with Crippen molar-refractivity contribution < 1.29 is 5.11 Å². The Hall–Kier alpha value is -0.860. The zero-order valence-electron chi connectivity index (χ0n) is 11.6. The number of hydrogen-bond donors (Lipinski definition) is 2. The quantitative estimate of drug-likeness (QED) is 0.810. The zero-order valence-corrected chi connectivity index (χ0v) is 11.6. The minimum absolute atomic E-state index is 0.306. The molecule has 1 aliphatic rings. The Morgan fingerprint density at radius 2 is 2.28 bits per heavy atom. The molecule has 2 unspecified atom stereocenters. The third kappa shape index (κ3) is 3.12. The van der Waals surface area contributed by atoms with Gasteiger partial charge in [0, 0.05) is 12.6 Å². The van der Waals surface area contributed by atoms with Gasteiger partial charge in [-0.25, -0.2) is 0 Å². The Morgan fingerprint density at radius 1 is 1.44 bits per heavy atom. The molecule has 0 aliphatic heterocycles. The van der Waals surface area contributed by atoms with Crippen LogP contribution in [0.15, 0.2) is 18.2 Å². The summed E-state index contributed by atoms with van der Waals surface area (Å²) < 4.78 is 0. The van der Waals surface area contributed by atoms with Gasteiger partial charge in [0.2, 0.25) is 0 Å². The van der Waals surface area contributed by atoms with E-state index < -0.39 is 0 Å². The van der Waals surface area contributed by atoms with E-state index in [2.05, 4.69) is 37.4 Å². The molecule has 0 fully saturated rings. The molecule has 2 atom stereocenters. The number of nitrogens with one attached hydrogen (secondary N) is 1. The summed E-state index contributed by atoms with van der Waals surface area (Å²) in [5.41, 5.74) is 4.35. The molecular formula is C16H25NO. The maximum atomic E-state index is 9.03. The summed E-state index contributed by atoms with van der Waals surface area (Å²) in [6.45, 7) is 5.70. The van der Waals surface area contributed by atoms with Crippen molar-refractivity contribution in [3.63, 3.8) is 0 Å². The van der Waals surface area contributed by atoms with E-state index in [9.17, 15) is 0 Å². The molecule has 0 bridgehead atoms. The fraction of sp³-hybridized carbons (Fsp3) is 0.625. The van der Waals surface area contributed by atoms with Crippen molar-refractivity contribution in [2.45, 2.75) is 45.6 Å². The lowest BCUT2D eigenvalue weighted by Crippen LogP contribution is -2.26. The van der Waals surface area contributed by atoms with E-state index in [1.54, 1.807) is 0 Å². The highest BCUT2D eigenvalue weighted by Crippen LogP contribution is 2.31. The van der Waals surface area contributed by atoms with Crippen LogP contribution in [0.1, 0.15) is 48.9 Å². The highest BCUT2D eigenvalue weighted by Gasteiger charge is 2.22. The van der Waals surface area contributed by atoms with Crippen LogP contribution in [0.2, 0.25) is 0 Å². The van der Waals surface area contributed by atoms with Gasteiger partial charge in [-0.3, -0.25) is 0 Å². The van der Waals surface area contributed by atoms with Crippen LogP contribution in [0.25, 0.3) is 0 Å². The molecule has 2 N–H and O–H groups in total. The molecule has 1 aromatic carbocycles. The molecule has 0 heterocycles. The lowest BCUT2D eigenvalue weighted by molar-refractivity contribution is 0.248. The maximum absolute atomic E-state index is 9.03. The maximum Gasteiger partial charge on any atom is 0.0434 e. The third-order valence-electron chi connectivity index (χ3n) is 4.15. The molecule has 0 spiro atoms. The third-order valence-corrected chi connectivity index (χ3v) is 4.15. The van der Waals surface area contributed by atoms with Gasteiger partial charge >= 0.3 is 0 Å². The Balaban J connectivity index is 1.95. The fourth-order valence-electron chi connectivity index (χ4n) is 2.88. The Labute approximate surface area is 110 Å². The van der Waals surface area contributed by atoms with E-state index >= 15 is 0 Å². The highest BCUT2D eigenvalue weighted by molar-refractivity contribution is 5.37. The number of aliphatic hydroxyl groups is 1. The second kappa shape index (κ2) is 6.35. The molecule has 2 heteroatoms. The summed E-state index contributed by atoms with van der Waals surface area (Å²) in [5.74, 6) is 0.601. The van der Waals surface area contributed by atoms with Crippen LogP contribution < -0.4 is 5.32 Å². The van der Waals surface area contributed by atoms with Crippen LogP contribution in [-0.4, -0.2) is 18.3 Å². The Morgan fingerprint density at radius 3 is 3.00 bits per heavy atom. The minimum Gasteiger partial charge on any atom is -0.396 e. The standard InChI is InChI=1S/C16H25NO/c1-3-13(8-9-18)11-17-16-7-6-14-5-4-12(2)10-15(14)16/h4-5,10,13,16-18H,3,6-9,11H2,1-2H3. The smallest absolute Gasteiger partial charge is 0.0434 e. The van der Waals surface area contributed by atoms with Crippen LogP contribution in [0, 0.1) is 12.8 Å². The summed E-state index contributed by atoms with van der Waals surface area (Å²) in [7, 11) is 0. The Kier molecular flexibility index (Phi) is 4.79. The van der Waals surface area contributed by atoms with Gasteiger partial charge in [0.05, 0.1) is 0 Å². The molecule has 2 rings (SSSR count). The summed E-state index contributed by atoms with van der Waals surface area (Å²) in [5, 5.41) is 12.7. The van der Waals surface area contributed by atoms with Crippen LogP contribution in [-0.2, 0) is 6.42 Å². The molecule has 18 heavy (non-hydrogen) atoms. The summed E-state index contributed by atoms with van der Waals surface area (Å²) in [6, 6.07) is 7.33. The van der Waals surface area contributed by atoms with E-state index in [-0.39, 0.29) is 0 Å². The van der Waals surface area contributed by atoms with Crippen molar-refractivity contribution in [3.05, 3.63) is 34.9 Å². The zero-order chi connectivity index (χ0) is 13.0. The van der Waals surface area contributed by atoms with Crippen LogP contribution in [0.5, 0.6) is 0 Å². The van der Waals surface area contributed by atoms with E-state index in [4.69, 9.17) is 5.11 Å². The first-order valence-corrected chi connectivity index (χ1v) is 7.18. The average molecular weight is 247 g/mol. The predicted octanol–water partition coefficient (Wildman–Crippen LogP) is 2.98. The van der Waals surface area contributed by atoms with E-state index in [1.807, 2.05) is 0 Å². The van der Waals surface area contributed by atoms with Gasteiger partial charge in [-0.15, -0.1) is 0 Å². The number of hydrogen-bond acceptors (Lipinski definition) is 2. The van der Waals surface area contributed by atoms with Crippen molar-refractivity contribution >= 4 is 0 Å². The van der Waals surface area contributed by atoms with Gasteiger partial charge in [-0.2, -0.15) is 0 Å². The molecule has 0 aromatic heterocycles. The van der Waals surface area contributed by atoms with Gasteiger partial charge in [0.1, 0.15) is 0 Å². The second-order valence-electron chi connectivity index (χ2n) is 5.49. The fourth-order valence-corrected chi connectivity index (χ4v) is 2.88. The van der Waals surface area contributed by atoms with E-state index in [1.165, 1.54) is 29.5 Å². The molecule has 2 nitrogen and oxygen atoms in total. The predicted molar refractivity (Wildman–Crippen MR) is 75.7 cm³/mol. The molecule has 0 amide bonds. The first-order valence-electron chi connectivity index (χ1n) is 7.18. The molecule has 100 valence electrons. The van der Waals surface area contributed by atoms with Crippen LogP contribution in [0.4, 0.5) is 0 Å². The van der Waals surface area contributed by atoms with Crippen LogP contribution in [0.3, 0.4) is 0 Å². The van der Waals surface area contributed by atoms with Crippen molar-refractivity contribution in [1.29, 1.82) is 0 Å².